The molecule has 3 nitrogen and oxygen atoms in total. The van der Waals surface area contributed by atoms with Gasteiger partial charge in [-0.25, -0.2) is 15.4 Å². The lowest BCUT2D eigenvalue weighted by atomic mass is 9.79. The SMILES string of the molecule is [C-]#[N+][C@@H](N)C1c2c(F)cc(F)cc2OCC12CC2. The molecule has 0 radical (unpaired) electrons. The molecule has 1 aliphatic heterocycles. The first-order chi connectivity index (χ1) is 8.57. The monoisotopic (exact) mass is 250 g/mol. The molecule has 0 bridgehead atoms. The maximum Gasteiger partial charge on any atom is 0.282 e. The van der Waals surface area contributed by atoms with Crippen molar-refractivity contribution in [3.05, 3.63) is 40.7 Å². The van der Waals surface area contributed by atoms with Gasteiger partial charge in [0.05, 0.1) is 12.5 Å². The Bertz CT molecular complexity index is 549. The number of nitrogens with two attached hydrogens (primary N) is 1. The van der Waals surface area contributed by atoms with Gasteiger partial charge in [0, 0.05) is 23.1 Å². The summed E-state index contributed by atoms with van der Waals surface area (Å²) in [5.41, 5.74) is 5.86. The predicted octanol–water partition coefficient (Wildman–Crippen LogP) is 2.43. The van der Waals surface area contributed by atoms with Gasteiger partial charge in [-0.2, -0.15) is 0 Å². The molecule has 0 aromatic heterocycles. The van der Waals surface area contributed by atoms with Crippen molar-refractivity contribution in [1.29, 1.82) is 0 Å². The number of halogens is 2. The Kier molecular flexibility index (Phi) is 2.32. The third-order valence-electron chi connectivity index (χ3n) is 3.93. The van der Waals surface area contributed by atoms with Crippen LogP contribution in [0.1, 0.15) is 24.3 Å². The number of fused-ring (bicyclic) bond motifs is 1. The minimum atomic E-state index is -0.810. The van der Waals surface area contributed by atoms with Crippen LogP contribution < -0.4 is 10.5 Å². The molecule has 94 valence electrons. The lowest BCUT2D eigenvalue weighted by Gasteiger charge is -2.33. The molecule has 1 heterocycles. The van der Waals surface area contributed by atoms with Crippen molar-refractivity contribution < 1.29 is 13.5 Å². The van der Waals surface area contributed by atoms with Gasteiger partial charge in [0.15, 0.2) is 0 Å². The van der Waals surface area contributed by atoms with Crippen molar-refractivity contribution in [1.82, 2.24) is 0 Å². The summed E-state index contributed by atoms with van der Waals surface area (Å²) in [6.45, 7) is 7.45. The van der Waals surface area contributed by atoms with Gasteiger partial charge in [-0.3, -0.25) is 10.6 Å². The Morgan fingerprint density at radius 2 is 2.17 bits per heavy atom. The van der Waals surface area contributed by atoms with E-state index in [1.54, 1.807) is 0 Å². The van der Waals surface area contributed by atoms with Crippen LogP contribution in [0.5, 0.6) is 5.75 Å². The topological polar surface area (TPSA) is 39.6 Å². The molecule has 1 aliphatic carbocycles. The second-order valence-electron chi connectivity index (χ2n) is 5.05. The van der Waals surface area contributed by atoms with E-state index in [2.05, 4.69) is 4.85 Å². The standard InChI is InChI=1S/C13H12F2N2O/c1-17-12(16)11-10-8(15)4-7(14)5-9(10)18-6-13(11)2-3-13/h4-5,11-12H,2-3,6,16H2/t11?,12-/m1/s1. The van der Waals surface area contributed by atoms with Crippen molar-refractivity contribution in [3.8, 4) is 5.75 Å². The van der Waals surface area contributed by atoms with E-state index in [0.717, 1.165) is 25.0 Å². The van der Waals surface area contributed by atoms with Gasteiger partial charge in [-0.05, 0) is 12.8 Å². The van der Waals surface area contributed by atoms with Crippen LogP contribution in [0.25, 0.3) is 4.85 Å². The van der Waals surface area contributed by atoms with Crippen molar-refractivity contribution in [2.24, 2.45) is 11.1 Å². The quantitative estimate of drug-likeness (QED) is 0.777. The summed E-state index contributed by atoms with van der Waals surface area (Å²) < 4.78 is 32.6. The minimum Gasteiger partial charge on any atom is -0.492 e. The van der Waals surface area contributed by atoms with Crippen LogP contribution in [-0.2, 0) is 0 Å². The number of hydrogen-bond donors (Lipinski definition) is 1. The summed E-state index contributed by atoms with van der Waals surface area (Å²) in [7, 11) is 0. The van der Waals surface area contributed by atoms with E-state index in [0.29, 0.717) is 6.61 Å². The van der Waals surface area contributed by atoms with Gasteiger partial charge in [-0.1, -0.05) is 0 Å². The Morgan fingerprint density at radius 3 is 2.78 bits per heavy atom. The van der Waals surface area contributed by atoms with Gasteiger partial charge in [0.1, 0.15) is 17.4 Å². The molecule has 2 N–H and O–H groups in total. The molecule has 2 atom stereocenters. The van der Waals surface area contributed by atoms with Gasteiger partial charge in [0.25, 0.3) is 6.17 Å². The Labute approximate surface area is 103 Å². The van der Waals surface area contributed by atoms with Crippen molar-refractivity contribution in [3.63, 3.8) is 0 Å². The normalized spacial score (nSPS) is 24.9. The number of nitrogens with zero attached hydrogens (tertiary/aromatic N) is 1. The maximum atomic E-state index is 14.0. The number of hydrogen-bond acceptors (Lipinski definition) is 2. The van der Waals surface area contributed by atoms with Crippen LogP contribution in [0.3, 0.4) is 0 Å². The summed E-state index contributed by atoms with van der Waals surface area (Å²) in [6.07, 6.45) is 0.934. The van der Waals surface area contributed by atoms with E-state index in [-0.39, 0.29) is 16.7 Å². The minimum absolute atomic E-state index is 0.189. The molecule has 0 saturated heterocycles. The highest BCUT2D eigenvalue weighted by atomic mass is 19.1. The van der Waals surface area contributed by atoms with E-state index < -0.39 is 23.7 Å². The van der Waals surface area contributed by atoms with Crippen molar-refractivity contribution in [2.75, 3.05) is 6.61 Å². The van der Waals surface area contributed by atoms with Crippen molar-refractivity contribution in [2.45, 2.75) is 24.9 Å². The van der Waals surface area contributed by atoms with E-state index >= 15 is 0 Å². The van der Waals surface area contributed by atoms with Gasteiger partial charge in [-0.15, -0.1) is 0 Å². The lowest BCUT2D eigenvalue weighted by molar-refractivity contribution is 0.163. The van der Waals surface area contributed by atoms with Crippen LogP contribution in [0, 0.1) is 23.6 Å². The second kappa shape index (κ2) is 3.66. The highest BCUT2D eigenvalue weighted by Gasteiger charge is 2.58. The fraction of sp³-hybridized carbons (Fsp3) is 0.462. The van der Waals surface area contributed by atoms with E-state index in [1.807, 2.05) is 0 Å². The molecule has 3 rings (SSSR count). The van der Waals surface area contributed by atoms with Crippen LogP contribution in [0.4, 0.5) is 8.78 Å². The number of ether oxygens (including phenoxy) is 1. The first kappa shape index (κ1) is 11.4. The van der Waals surface area contributed by atoms with Crippen LogP contribution in [0.15, 0.2) is 12.1 Å². The zero-order valence-electron chi connectivity index (χ0n) is 9.62. The average Bonchev–Trinajstić information content (AvgIpc) is 3.09. The molecule has 1 saturated carbocycles. The third kappa shape index (κ3) is 1.49. The second-order valence-corrected chi connectivity index (χ2v) is 5.05. The molecule has 1 unspecified atom stereocenters. The fourth-order valence-electron chi connectivity index (χ4n) is 2.82. The molecule has 18 heavy (non-hydrogen) atoms. The molecule has 1 fully saturated rings. The van der Waals surface area contributed by atoms with Gasteiger partial charge in [0.2, 0.25) is 0 Å². The molecule has 1 aromatic rings. The molecule has 1 aromatic carbocycles. The van der Waals surface area contributed by atoms with E-state index in [9.17, 15) is 8.78 Å². The lowest BCUT2D eigenvalue weighted by Crippen LogP contribution is -2.38. The van der Waals surface area contributed by atoms with Crippen molar-refractivity contribution >= 4 is 0 Å². The summed E-state index contributed by atoms with van der Waals surface area (Å²) in [4.78, 5) is 3.32. The average molecular weight is 250 g/mol. The Hall–Kier alpha value is -1.67. The van der Waals surface area contributed by atoms with Crippen LogP contribution in [-0.4, -0.2) is 12.8 Å². The first-order valence-corrected chi connectivity index (χ1v) is 5.81. The predicted molar refractivity (Wildman–Crippen MR) is 60.8 cm³/mol. The summed E-state index contributed by atoms with van der Waals surface area (Å²) in [5, 5.41) is 0. The first-order valence-electron chi connectivity index (χ1n) is 5.81. The highest BCUT2D eigenvalue weighted by molar-refractivity contribution is 5.44. The summed E-state index contributed by atoms with van der Waals surface area (Å²) >= 11 is 0. The maximum absolute atomic E-state index is 14.0. The zero-order chi connectivity index (χ0) is 12.9. The van der Waals surface area contributed by atoms with Crippen LogP contribution >= 0.6 is 0 Å². The number of benzene rings is 1. The molecular weight excluding hydrogens is 238 g/mol. The van der Waals surface area contributed by atoms with Gasteiger partial charge < -0.3 is 4.74 Å². The molecule has 1 spiro atoms. The molecule has 2 aliphatic rings. The third-order valence-corrected chi connectivity index (χ3v) is 3.93. The highest BCUT2D eigenvalue weighted by Crippen LogP contribution is 2.61. The summed E-state index contributed by atoms with van der Waals surface area (Å²) in [5.74, 6) is -1.55. The number of rotatable bonds is 1. The fourth-order valence-corrected chi connectivity index (χ4v) is 2.82. The van der Waals surface area contributed by atoms with Crippen LogP contribution in [0.2, 0.25) is 0 Å². The van der Waals surface area contributed by atoms with E-state index in [4.69, 9.17) is 17.0 Å². The smallest absolute Gasteiger partial charge is 0.282 e. The Balaban J connectivity index is 2.16. The Morgan fingerprint density at radius 1 is 1.44 bits per heavy atom. The largest absolute Gasteiger partial charge is 0.492 e. The van der Waals surface area contributed by atoms with E-state index in [1.165, 1.54) is 0 Å². The summed E-state index contributed by atoms with van der Waals surface area (Å²) in [6, 6.07) is 1.99. The molecule has 5 heteroatoms. The van der Waals surface area contributed by atoms with Gasteiger partial charge >= 0.3 is 0 Å². The molecular formula is C13H12F2N2O. The molecule has 0 amide bonds. The zero-order valence-corrected chi connectivity index (χ0v) is 9.62.